The molecule has 0 radical (unpaired) electrons. The molecule has 0 spiro atoms. The van der Waals surface area contributed by atoms with Gasteiger partial charge in [-0.15, -0.1) is 0 Å². The van der Waals surface area contributed by atoms with E-state index in [-0.39, 0.29) is 5.91 Å². The highest BCUT2D eigenvalue weighted by Crippen LogP contribution is 2.12. The fourth-order valence-corrected chi connectivity index (χ4v) is 2.72. The molecule has 27 heavy (non-hydrogen) atoms. The normalized spacial score (nSPS) is 11.7. The van der Waals surface area contributed by atoms with Crippen molar-refractivity contribution in [3.05, 3.63) is 95.8 Å². The van der Waals surface area contributed by atoms with Gasteiger partial charge in [-0.1, -0.05) is 42.5 Å². The second-order valence-corrected chi connectivity index (χ2v) is 6.27. The highest BCUT2D eigenvalue weighted by molar-refractivity contribution is 6.03. The summed E-state index contributed by atoms with van der Waals surface area (Å²) in [5.41, 5.74) is 3.36. The quantitative estimate of drug-likeness (QED) is 0.539. The van der Waals surface area contributed by atoms with Gasteiger partial charge in [0.2, 0.25) is 0 Å². The van der Waals surface area contributed by atoms with E-state index >= 15 is 0 Å². The zero-order chi connectivity index (χ0) is 18.9. The Morgan fingerprint density at radius 1 is 1.00 bits per heavy atom. The zero-order valence-corrected chi connectivity index (χ0v) is 15.0. The van der Waals surface area contributed by atoms with Crippen LogP contribution in [0.3, 0.4) is 0 Å². The van der Waals surface area contributed by atoms with E-state index in [9.17, 15) is 9.90 Å². The van der Waals surface area contributed by atoms with Crippen molar-refractivity contribution in [2.45, 2.75) is 12.5 Å². The Morgan fingerprint density at radius 2 is 1.78 bits per heavy atom. The van der Waals surface area contributed by atoms with Gasteiger partial charge >= 0.3 is 0 Å². The standard InChI is InChI=1S/C22H23N3O2/c26-21(18-5-2-1-3-6-18)16-24-14-12-17-8-10-20(11-9-17)25-22(27)19-7-4-13-23-15-19/h1-11,13,15,21,24,26H,12,14,16H2,(H,25,27). The lowest BCUT2D eigenvalue weighted by molar-refractivity contribution is 0.102. The number of nitrogens with one attached hydrogen (secondary N) is 2. The molecular formula is C22H23N3O2. The number of carbonyl (C=O) groups is 1. The first-order valence-corrected chi connectivity index (χ1v) is 8.96. The minimum absolute atomic E-state index is 0.174. The number of anilines is 1. The molecule has 5 nitrogen and oxygen atoms in total. The van der Waals surface area contributed by atoms with Crippen molar-refractivity contribution in [2.24, 2.45) is 0 Å². The smallest absolute Gasteiger partial charge is 0.257 e. The average molecular weight is 361 g/mol. The number of carbonyl (C=O) groups excluding carboxylic acids is 1. The first-order valence-electron chi connectivity index (χ1n) is 8.96. The molecule has 138 valence electrons. The highest BCUT2D eigenvalue weighted by atomic mass is 16.3. The molecule has 2 aromatic carbocycles. The molecule has 0 aliphatic rings. The van der Waals surface area contributed by atoms with E-state index in [0.29, 0.717) is 12.1 Å². The van der Waals surface area contributed by atoms with Crippen LogP contribution in [0.4, 0.5) is 5.69 Å². The number of aromatic nitrogens is 1. The molecule has 1 amide bonds. The number of amides is 1. The molecule has 0 aliphatic carbocycles. The molecule has 1 unspecified atom stereocenters. The fraction of sp³-hybridized carbons (Fsp3) is 0.182. The molecule has 0 bridgehead atoms. The predicted octanol–water partition coefficient (Wildman–Crippen LogP) is 3.20. The Kier molecular flexibility index (Phi) is 6.68. The van der Waals surface area contributed by atoms with Gasteiger partial charge in [-0.2, -0.15) is 0 Å². The van der Waals surface area contributed by atoms with Crippen molar-refractivity contribution in [3.63, 3.8) is 0 Å². The predicted molar refractivity (Wildman–Crippen MR) is 107 cm³/mol. The minimum Gasteiger partial charge on any atom is -0.387 e. The van der Waals surface area contributed by atoms with E-state index < -0.39 is 6.10 Å². The summed E-state index contributed by atoms with van der Waals surface area (Å²) in [5, 5.41) is 16.3. The Bertz CT molecular complexity index is 836. The maximum Gasteiger partial charge on any atom is 0.257 e. The summed E-state index contributed by atoms with van der Waals surface area (Å²) in [5.74, 6) is -0.174. The van der Waals surface area contributed by atoms with Gasteiger partial charge in [0.15, 0.2) is 0 Å². The van der Waals surface area contributed by atoms with Crippen LogP contribution < -0.4 is 10.6 Å². The van der Waals surface area contributed by atoms with Crippen LogP contribution in [0.15, 0.2) is 79.1 Å². The first-order chi connectivity index (χ1) is 13.2. The van der Waals surface area contributed by atoms with Crippen molar-refractivity contribution in [2.75, 3.05) is 18.4 Å². The van der Waals surface area contributed by atoms with Crippen LogP contribution in [0.1, 0.15) is 27.6 Å². The summed E-state index contributed by atoms with van der Waals surface area (Å²) in [6.45, 7) is 1.29. The number of hydrogen-bond donors (Lipinski definition) is 3. The molecule has 3 aromatic rings. The number of hydrogen-bond acceptors (Lipinski definition) is 4. The largest absolute Gasteiger partial charge is 0.387 e. The molecule has 3 rings (SSSR count). The summed E-state index contributed by atoms with van der Waals surface area (Å²) >= 11 is 0. The third-order valence-electron chi connectivity index (χ3n) is 4.25. The maximum absolute atomic E-state index is 12.1. The van der Waals surface area contributed by atoms with Crippen molar-refractivity contribution in [1.29, 1.82) is 0 Å². The average Bonchev–Trinajstić information content (AvgIpc) is 2.73. The lowest BCUT2D eigenvalue weighted by atomic mass is 10.1. The molecule has 3 N–H and O–H groups in total. The van der Waals surface area contributed by atoms with Gasteiger partial charge in [-0.25, -0.2) is 0 Å². The summed E-state index contributed by atoms with van der Waals surface area (Å²) in [7, 11) is 0. The lowest BCUT2D eigenvalue weighted by Crippen LogP contribution is -2.23. The molecule has 0 fully saturated rings. The van der Waals surface area contributed by atoms with Gasteiger partial charge in [-0.3, -0.25) is 9.78 Å². The van der Waals surface area contributed by atoms with Crippen molar-refractivity contribution < 1.29 is 9.90 Å². The van der Waals surface area contributed by atoms with E-state index in [0.717, 1.165) is 29.8 Å². The monoisotopic (exact) mass is 361 g/mol. The summed E-state index contributed by atoms with van der Waals surface area (Å²) in [4.78, 5) is 16.1. The Morgan fingerprint density at radius 3 is 2.48 bits per heavy atom. The third-order valence-corrected chi connectivity index (χ3v) is 4.25. The van der Waals surface area contributed by atoms with Gasteiger partial charge in [0, 0.05) is 24.6 Å². The Labute approximate surface area is 159 Å². The number of aliphatic hydroxyl groups excluding tert-OH is 1. The van der Waals surface area contributed by atoms with Crippen LogP contribution in [0.25, 0.3) is 0 Å². The van der Waals surface area contributed by atoms with Gasteiger partial charge < -0.3 is 15.7 Å². The number of nitrogens with zero attached hydrogens (tertiary/aromatic N) is 1. The van der Waals surface area contributed by atoms with Crippen LogP contribution in [0.5, 0.6) is 0 Å². The molecule has 1 aromatic heterocycles. The summed E-state index contributed by atoms with van der Waals surface area (Å²) < 4.78 is 0. The van der Waals surface area contributed by atoms with E-state index in [4.69, 9.17) is 0 Å². The molecule has 0 aliphatic heterocycles. The Hall–Kier alpha value is -3.02. The number of pyridine rings is 1. The number of rotatable bonds is 8. The van der Waals surface area contributed by atoms with Crippen LogP contribution in [0.2, 0.25) is 0 Å². The molecule has 5 heteroatoms. The van der Waals surface area contributed by atoms with Crippen molar-refractivity contribution in [1.82, 2.24) is 10.3 Å². The van der Waals surface area contributed by atoms with Crippen LogP contribution in [-0.2, 0) is 6.42 Å². The van der Waals surface area contributed by atoms with Crippen LogP contribution in [0, 0.1) is 0 Å². The minimum atomic E-state index is -0.503. The van der Waals surface area contributed by atoms with E-state index in [2.05, 4.69) is 15.6 Å². The maximum atomic E-state index is 12.1. The highest BCUT2D eigenvalue weighted by Gasteiger charge is 2.07. The van der Waals surface area contributed by atoms with Crippen LogP contribution in [-0.4, -0.2) is 29.1 Å². The van der Waals surface area contributed by atoms with Crippen molar-refractivity contribution >= 4 is 11.6 Å². The molecule has 0 saturated carbocycles. The first kappa shape index (κ1) is 18.8. The second kappa shape index (κ2) is 9.62. The molecule has 1 heterocycles. The lowest BCUT2D eigenvalue weighted by Gasteiger charge is -2.12. The third kappa shape index (κ3) is 5.74. The van der Waals surface area contributed by atoms with E-state index in [1.807, 2.05) is 54.6 Å². The molecule has 0 saturated heterocycles. The second-order valence-electron chi connectivity index (χ2n) is 6.27. The SMILES string of the molecule is O=C(Nc1ccc(CCNCC(O)c2ccccc2)cc1)c1cccnc1. The van der Waals surface area contributed by atoms with Gasteiger partial charge in [0.05, 0.1) is 11.7 Å². The molecule has 1 atom stereocenters. The Balaban J connectivity index is 1.42. The van der Waals surface area contributed by atoms with Crippen molar-refractivity contribution in [3.8, 4) is 0 Å². The van der Waals surface area contributed by atoms with Gasteiger partial charge in [-0.05, 0) is 48.4 Å². The van der Waals surface area contributed by atoms with E-state index in [1.54, 1.807) is 24.5 Å². The topological polar surface area (TPSA) is 74.2 Å². The summed E-state index contributed by atoms with van der Waals surface area (Å²) in [6, 6.07) is 20.9. The summed E-state index contributed by atoms with van der Waals surface area (Å²) in [6.07, 6.45) is 3.52. The van der Waals surface area contributed by atoms with E-state index in [1.165, 1.54) is 0 Å². The van der Waals surface area contributed by atoms with Crippen LogP contribution >= 0.6 is 0 Å². The zero-order valence-electron chi connectivity index (χ0n) is 15.0. The fourth-order valence-electron chi connectivity index (χ4n) is 2.72. The number of aliphatic hydroxyl groups is 1. The van der Waals surface area contributed by atoms with Gasteiger partial charge in [0.1, 0.15) is 0 Å². The number of benzene rings is 2. The van der Waals surface area contributed by atoms with Gasteiger partial charge in [0.25, 0.3) is 5.91 Å². The molecular weight excluding hydrogens is 338 g/mol.